The van der Waals surface area contributed by atoms with Crippen LogP contribution in [-0.4, -0.2) is 16.7 Å². The smallest absolute Gasteiger partial charge is 0.172 e. The molecule has 3 heteroatoms. The Morgan fingerprint density at radius 3 is 2.17 bits per heavy atom. The minimum atomic E-state index is -0.587. The maximum atomic E-state index is 11.3. The molecule has 0 aromatic heterocycles. The van der Waals surface area contributed by atoms with Gasteiger partial charge in [0.05, 0.1) is 11.8 Å². The van der Waals surface area contributed by atoms with Crippen molar-refractivity contribution in [3.05, 3.63) is 11.3 Å². The average molecular weight is 168 g/mol. The van der Waals surface area contributed by atoms with E-state index in [0.717, 1.165) is 0 Å². The summed E-state index contributed by atoms with van der Waals surface area (Å²) in [5.74, 6) is -1.62. The van der Waals surface area contributed by atoms with Crippen molar-refractivity contribution in [3.63, 3.8) is 0 Å². The number of ketones is 2. The van der Waals surface area contributed by atoms with Crippen molar-refractivity contribution in [3.8, 4) is 0 Å². The highest BCUT2D eigenvalue weighted by Gasteiger charge is 2.35. The lowest BCUT2D eigenvalue weighted by Crippen LogP contribution is -2.34. The van der Waals surface area contributed by atoms with Gasteiger partial charge in [-0.2, -0.15) is 0 Å². The van der Waals surface area contributed by atoms with Crippen molar-refractivity contribution in [2.45, 2.75) is 20.8 Å². The molecule has 1 aliphatic rings. The van der Waals surface area contributed by atoms with Crippen LogP contribution in [0.15, 0.2) is 11.3 Å². The van der Waals surface area contributed by atoms with E-state index in [1.165, 1.54) is 0 Å². The number of Topliss-reactive ketones (excluding diaryl/α,β-unsaturated/α-hetero) is 2. The normalized spacial score (nSPS) is 31.2. The Morgan fingerprint density at radius 2 is 1.67 bits per heavy atom. The van der Waals surface area contributed by atoms with E-state index in [4.69, 9.17) is 0 Å². The summed E-state index contributed by atoms with van der Waals surface area (Å²) in [6.45, 7) is 4.75. The molecular formula is C9H12O3. The molecule has 1 rings (SSSR count). The molecule has 0 aromatic rings. The van der Waals surface area contributed by atoms with E-state index in [2.05, 4.69) is 0 Å². The van der Waals surface area contributed by atoms with Crippen molar-refractivity contribution in [1.29, 1.82) is 0 Å². The third-order valence-electron chi connectivity index (χ3n) is 2.41. The van der Waals surface area contributed by atoms with Crippen LogP contribution in [0.2, 0.25) is 0 Å². The first-order chi connectivity index (χ1) is 5.46. The van der Waals surface area contributed by atoms with Crippen molar-refractivity contribution in [2.75, 3.05) is 0 Å². The van der Waals surface area contributed by atoms with E-state index >= 15 is 0 Å². The van der Waals surface area contributed by atoms with Gasteiger partial charge in [-0.1, -0.05) is 0 Å². The molecule has 0 fully saturated rings. The van der Waals surface area contributed by atoms with Gasteiger partial charge in [-0.15, -0.1) is 0 Å². The minimum Gasteiger partial charge on any atom is -0.511 e. The summed E-state index contributed by atoms with van der Waals surface area (Å²) < 4.78 is 0. The number of carbonyl (C=O) groups excluding carboxylic acids is 2. The highest BCUT2D eigenvalue weighted by molar-refractivity contribution is 6.14. The van der Waals surface area contributed by atoms with Gasteiger partial charge in [0.2, 0.25) is 0 Å². The van der Waals surface area contributed by atoms with E-state index in [-0.39, 0.29) is 17.3 Å². The van der Waals surface area contributed by atoms with Crippen LogP contribution in [0.3, 0.4) is 0 Å². The van der Waals surface area contributed by atoms with Crippen LogP contribution < -0.4 is 0 Å². The zero-order valence-corrected chi connectivity index (χ0v) is 7.42. The van der Waals surface area contributed by atoms with Crippen molar-refractivity contribution in [2.24, 2.45) is 11.8 Å². The largest absolute Gasteiger partial charge is 0.511 e. The van der Waals surface area contributed by atoms with Crippen LogP contribution in [0.4, 0.5) is 0 Å². The molecule has 0 heterocycles. The number of allylic oxidation sites excluding steroid dienone is 2. The van der Waals surface area contributed by atoms with Crippen molar-refractivity contribution in [1.82, 2.24) is 0 Å². The number of hydrogen-bond acceptors (Lipinski definition) is 3. The third-order valence-corrected chi connectivity index (χ3v) is 2.41. The molecule has 0 amide bonds. The van der Waals surface area contributed by atoms with Crippen LogP contribution in [0, 0.1) is 11.8 Å². The number of rotatable bonds is 0. The molecular weight excluding hydrogens is 156 g/mol. The number of aliphatic hydroxyl groups excluding tert-OH is 1. The fraction of sp³-hybridized carbons (Fsp3) is 0.556. The lowest BCUT2D eigenvalue weighted by molar-refractivity contribution is -0.133. The molecule has 12 heavy (non-hydrogen) atoms. The van der Waals surface area contributed by atoms with E-state index < -0.39 is 11.8 Å². The Balaban J connectivity index is 3.17. The van der Waals surface area contributed by atoms with Gasteiger partial charge in [-0.3, -0.25) is 9.59 Å². The number of aliphatic hydroxyl groups is 1. The molecule has 2 atom stereocenters. The second-order valence-corrected chi connectivity index (χ2v) is 3.22. The lowest BCUT2D eigenvalue weighted by atomic mass is 9.81. The SMILES string of the molecule is CC1=C(O)C(C)C(=O)C(C)C1=O. The molecule has 0 aromatic carbocycles. The highest BCUT2D eigenvalue weighted by atomic mass is 16.3. The Bertz CT molecular complexity index is 275. The summed E-state index contributed by atoms with van der Waals surface area (Å²) in [6.07, 6.45) is 0. The zero-order valence-electron chi connectivity index (χ0n) is 7.42. The molecule has 0 bridgehead atoms. The van der Waals surface area contributed by atoms with Gasteiger partial charge < -0.3 is 5.11 Å². The summed E-state index contributed by atoms with van der Waals surface area (Å²) in [5, 5.41) is 9.34. The summed E-state index contributed by atoms with van der Waals surface area (Å²) in [5.41, 5.74) is 0.328. The van der Waals surface area contributed by atoms with E-state index in [0.29, 0.717) is 5.57 Å². The summed E-state index contributed by atoms with van der Waals surface area (Å²) in [7, 11) is 0. The van der Waals surface area contributed by atoms with Gasteiger partial charge in [0.15, 0.2) is 11.6 Å². The maximum absolute atomic E-state index is 11.3. The summed E-state index contributed by atoms with van der Waals surface area (Å²) in [4.78, 5) is 22.5. The molecule has 2 unspecified atom stereocenters. The molecule has 0 aliphatic heterocycles. The van der Waals surface area contributed by atoms with Gasteiger partial charge in [-0.05, 0) is 20.8 Å². The highest BCUT2D eigenvalue weighted by Crippen LogP contribution is 2.26. The van der Waals surface area contributed by atoms with Gasteiger partial charge in [0.25, 0.3) is 0 Å². The van der Waals surface area contributed by atoms with Crippen LogP contribution in [0.5, 0.6) is 0 Å². The molecule has 0 saturated heterocycles. The molecule has 0 saturated carbocycles. The standard InChI is InChI=1S/C9H12O3/c1-4-7(10)5(2)9(12)6(3)8(4)11/h4-5,11H,1-3H3. The zero-order chi connectivity index (χ0) is 9.46. The van der Waals surface area contributed by atoms with Gasteiger partial charge in [0.1, 0.15) is 5.76 Å². The van der Waals surface area contributed by atoms with Crippen molar-refractivity contribution >= 4 is 11.6 Å². The van der Waals surface area contributed by atoms with Crippen molar-refractivity contribution < 1.29 is 14.7 Å². The van der Waals surface area contributed by atoms with Crippen LogP contribution in [0.1, 0.15) is 20.8 Å². The predicted molar refractivity (Wildman–Crippen MR) is 43.7 cm³/mol. The maximum Gasteiger partial charge on any atom is 0.172 e. The Morgan fingerprint density at radius 1 is 1.17 bits per heavy atom. The van der Waals surface area contributed by atoms with Gasteiger partial charge in [0, 0.05) is 5.57 Å². The average Bonchev–Trinajstić information content (AvgIpc) is 2.08. The second-order valence-electron chi connectivity index (χ2n) is 3.22. The van der Waals surface area contributed by atoms with Gasteiger partial charge >= 0.3 is 0 Å². The van der Waals surface area contributed by atoms with Crippen LogP contribution in [-0.2, 0) is 9.59 Å². The minimum absolute atomic E-state index is 0.0666. The summed E-state index contributed by atoms with van der Waals surface area (Å²) in [6, 6.07) is 0. The number of hydrogen-bond donors (Lipinski definition) is 1. The molecule has 1 N–H and O–H groups in total. The van der Waals surface area contributed by atoms with Crippen LogP contribution >= 0.6 is 0 Å². The second kappa shape index (κ2) is 2.73. The quantitative estimate of drug-likeness (QED) is 0.554. The van der Waals surface area contributed by atoms with E-state index in [9.17, 15) is 14.7 Å². The monoisotopic (exact) mass is 168 g/mol. The Labute approximate surface area is 71.1 Å². The third kappa shape index (κ3) is 1.05. The number of carbonyl (C=O) groups is 2. The Kier molecular flexibility index (Phi) is 2.04. The van der Waals surface area contributed by atoms with E-state index in [1.54, 1.807) is 20.8 Å². The summed E-state index contributed by atoms with van der Waals surface area (Å²) >= 11 is 0. The van der Waals surface area contributed by atoms with Gasteiger partial charge in [-0.25, -0.2) is 0 Å². The van der Waals surface area contributed by atoms with Crippen LogP contribution in [0.25, 0.3) is 0 Å². The fourth-order valence-corrected chi connectivity index (χ4v) is 1.41. The molecule has 0 spiro atoms. The predicted octanol–water partition coefficient (Wildman–Crippen LogP) is 1.24. The molecule has 0 radical (unpaired) electrons. The first kappa shape index (κ1) is 8.97. The van der Waals surface area contributed by atoms with E-state index in [1.807, 2.05) is 0 Å². The molecule has 3 nitrogen and oxygen atoms in total. The molecule has 1 aliphatic carbocycles. The lowest BCUT2D eigenvalue weighted by Gasteiger charge is -2.22. The first-order valence-electron chi connectivity index (χ1n) is 3.94. The topological polar surface area (TPSA) is 54.4 Å². The Hall–Kier alpha value is -1.12. The fourth-order valence-electron chi connectivity index (χ4n) is 1.41. The first-order valence-corrected chi connectivity index (χ1v) is 3.94. The molecule has 66 valence electrons.